The number of rotatable bonds is 5. The number of carbonyl (C=O) groups excluding carboxylic acids is 1. The number of amides is 1. The summed E-state index contributed by atoms with van der Waals surface area (Å²) in [7, 11) is 0. The van der Waals surface area contributed by atoms with E-state index in [-0.39, 0.29) is 30.0 Å². The summed E-state index contributed by atoms with van der Waals surface area (Å²) in [5.41, 5.74) is 0.410. The third-order valence-corrected chi connectivity index (χ3v) is 5.16. The summed E-state index contributed by atoms with van der Waals surface area (Å²) in [4.78, 5) is 25.1. The lowest BCUT2D eigenvalue weighted by Gasteiger charge is -2.41. The summed E-state index contributed by atoms with van der Waals surface area (Å²) in [6.45, 7) is 5.61. The molecule has 2 fully saturated rings. The molecular weight excluding hydrogens is 334 g/mol. The molecule has 2 heterocycles. The quantitative estimate of drug-likeness (QED) is 0.827. The maximum atomic E-state index is 12.8. The van der Waals surface area contributed by atoms with Crippen molar-refractivity contribution in [3.05, 3.63) is 27.9 Å². The van der Waals surface area contributed by atoms with Crippen molar-refractivity contribution in [2.45, 2.75) is 76.5 Å². The average Bonchev–Trinajstić information content (AvgIpc) is 3.27. The number of nitrogens with one attached hydrogen (secondary N) is 1. The van der Waals surface area contributed by atoms with E-state index in [1.54, 1.807) is 11.4 Å². The Labute approximate surface area is 151 Å². The van der Waals surface area contributed by atoms with E-state index in [0.717, 1.165) is 18.5 Å². The lowest BCUT2D eigenvalue weighted by Crippen LogP contribution is -2.54. The SMILES string of the molecule is CC(C)c1nn(CC(=O)N[C@H]2C[C@@](C)(O)C2)c(=O)c2cc(C3CC3)nn12. The molecule has 2 saturated carbocycles. The largest absolute Gasteiger partial charge is 0.390 e. The van der Waals surface area contributed by atoms with E-state index >= 15 is 0 Å². The van der Waals surface area contributed by atoms with E-state index in [0.29, 0.717) is 30.1 Å². The van der Waals surface area contributed by atoms with Crippen LogP contribution in [0.1, 0.15) is 69.8 Å². The van der Waals surface area contributed by atoms with Gasteiger partial charge in [0.05, 0.1) is 11.3 Å². The molecule has 2 aromatic heterocycles. The molecule has 4 rings (SSSR count). The van der Waals surface area contributed by atoms with Gasteiger partial charge in [0.2, 0.25) is 5.91 Å². The van der Waals surface area contributed by atoms with Gasteiger partial charge in [-0.1, -0.05) is 13.8 Å². The Morgan fingerprint density at radius 3 is 2.65 bits per heavy atom. The van der Waals surface area contributed by atoms with Crippen molar-refractivity contribution in [2.75, 3.05) is 0 Å². The van der Waals surface area contributed by atoms with Gasteiger partial charge in [-0.15, -0.1) is 0 Å². The molecule has 1 amide bonds. The molecule has 0 saturated heterocycles. The van der Waals surface area contributed by atoms with E-state index in [1.165, 1.54) is 4.68 Å². The van der Waals surface area contributed by atoms with Crippen molar-refractivity contribution in [2.24, 2.45) is 0 Å². The number of aromatic nitrogens is 4. The lowest BCUT2D eigenvalue weighted by atomic mass is 9.77. The van der Waals surface area contributed by atoms with E-state index in [9.17, 15) is 14.7 Å². The first kappa shape index (κ1) is 17.2. The number of hydrogen-bond acceptors (Lipinski definition) is 5. The normalized spacial score (nSPS) is 25.5. The highest BCUT2D eigenvalue weighted by Crippen LogP contribution is 2.39. The van der Waals surface area contributed by atoms with Gasteiger partial charge in [-0.05, 0) is 38.7 Å². The van der Waals surface area contributed by atoms with Crippen LogP contribution in [-0.2, 0) is 11.3 Å². The highest BCUT2D eigenvalue weighted by molar-refractivity contribution is 5.76. The van der Waals surface area contributed by atoms with Crippen LogP contribution < -0.4 is 10.9 Å². The summed E-state index contributed by atoms with van der Waals surface area (Å²) in [6.07, 6.45) is 3.28. The standard InChI is InChI=1S/C18H25N5O3/c1-10(2)16-21-22(9-15(24)19-12-7-18(3,26)8-12)17(25)14-6-13(11-4-5-11)20-23(14)16/h6,10-12,26H,4-5,7-9H2,1-3H3,(H,19,24)/t12-,18+. The van der Waals surface area contributed by atoms with Crippen LogP contribution in [0, 0.1) is 0 Å². The Hall–Kier alpha value is -2.22. The minimum Gasteiger partial charge on any atom is -0.390 e. The van der Waals surface area contributed by atoms with E-state index in [2.05, 4.69) is 15.5 Å². The highest BCUT2D eigenvalue weighted by atomic mass is 16.3. The molecule has 140 valence electrons. The topological polar surface area (TPSA) is 102 Å². The molecule has 0 radical (unpaired) electrons. The summed E-state index contributed by atoms with van der Waals surface area (Å²) in [5, 5.41) is 21.6. The molecule has 0 bridgehead atoms. The van der Waals surface area contributed by atoms with Crippen LogP contribution in [-0.4, -0.2) is 42.1 Å². The molecule has 2 aliphatic carbocycles. The van der Waals surface area contributed by atoms with Gasteiger partial charge in [0.25, 0.3) is 5.56 Å². The van der Waals surface area contributed by atoms with Crippen LogP contribution >= 0.6 is 0 Å². The Morgan fingerprint density at radius 2 is 2.08 bits per heavy atom. The maximum absolute atomic E-state index is 12.8. The Bertz CT molecular complexity index is 915. The first-order valence-electron chi connectivity index (χ1n) is 9.26. The molecule has 8 nitrogen and oxygen atoms in total. The third kappa shape index (κ3) is 3.13. The van der Waals surface area contributed by atoms with Gasteiger partial charge in [-0.25, -0.2) is 9.20 Å². The fourth-order valence-electron chi connectivity index (χ4n) is 3.63. The summed E-state index contributed by atoms with van der Waals surface area (Å²) >= 11 is 0. The molecule has 0 unspecified atom stereocenters. The number of fused-ring (bicyclic) bond motifs is 1. The third-order valence-electron chi connectivity index (χ3n) is 5.16. The van der Waals surface area contributed by atoms with Gasteiger partial charge >= 0.3 is 0 Å². The number of nitrogens with zero attached hydrogens (tertiary/aromatic N) is 4. The van der Waals surface area contributed by atoms with Crippen molar-refractivity contribution in [1.82, 2.24) is 24.7 Å². The minimum atomic E-state index is -0.701. The van der Waals surface area contributed by atoms with Crippen LogP contribution in [0.3, 0.4) is 0 Å². The molecule has 26 heavy (non-hydrogen) atoms. The van der Waals surface area contributed by atoms with Gasteiger partial charge in [-0.2, -0.15) is 10.2 Å². The number of hydrogen-bond donors (Lipinski definition) is 2. The average molecular weight is 359 g/mol. The van der Waals surface area contributed by atoms with E-state index in [4.69, 9.17) is 0 Å². The van der Waals surface area contributed by atoms with Crippen molar-refractivity contribution < 1.29 is 9.90 Å². The zero-order valence-electron chi connectivity index (χ0n) is 15.4. The van der Waals surface area contributed by atoms with Gasteiger partial charge in [-0.3, -0.25) is 9.59 Å². The molecule has 2 aromatic rings. The van der Waals surface area contributed by atoms with Crippen LogP contribution in [0.5, 0.6) is 0 Å². The van der Waals surface area contributed by atoms with Crippen molar-refractivity contribution in [3.8, 4) is 0 Å². The highest BCUT2D eigenvalue weighted by Gasteiger charge is 2.39. The van der Waals surface area contributed by atoms with Crippen LogP contribution in [0.25, 0.3) is 5.52 Å². The molecule has 0 aromatic carbocycles. The van der Waals surface area contributed by atoms with Crippen molar-refractivity contribution in [3.63, 3.8) is 0 Å². The Morgan fingerprint density at radius 1 is 1.38 bits per heavy atom. The Kier molecular flexibility index (Phi) is 3.91. The number of aliphatic hydroxyl groups is 1. The lowest BCUT2D eigenvalue weighted by molar-refractivity contribution is -0.125. The van der Waals surface area contributed by atoms with E-state index < -0.39 is 5.60 Å². The molecule has 0 aliphatic heterocycles. The maximum Gasteiger partial charge on any atom is 0.293 e. The van der Waals surface area contributed by atoms with Crippen LogP contribution in [0.4, 0.5) is 0 Å². The predicted octanol–water partition coefficient (Wildman–Crippen LogP) is 0.921. The Balaban J connectivity index is 1.61. The van der Waals surface area contributed by atoms with Gasteiger partial charge in [0.1, 0.15) is 12.1 Å². The first-order valence-corrected chi connectivity index (χ1v) is 9.26. The smallest absolute Gasteiger partial charge is 0.293 e. The first-order chi connectivity index (χ1) is 12.2. The minimum absolute atomic E-state index is 0.0436. The fourth-order valence-corrected chi connectivity index (χ4v) is 3.63. The van der Waals surface area contributed by atoms with Crippen LogP contribution in [0.2, 0.25) is 0 Å². The van der Waals surface area contributed by atoms with Gasteiger partial charge in [0, 0.05) is 17.9 Å². The molecule has 2 N–H and O–H groups in total. The van der Waals surface area contributed by atoms with Crippen molar-refractivity contribution >= 4 is 11.4 Å². The second kappa shape index (κ2) is 5.90. The van der Waals surface area contributed by atoms with Gasteiger partial charge in [0.15, 0.2) is 5.82 Å². The van der Waals surface area contributed by atoms with Crippen LogP contribution in [0.15, 0.2) is 10.9 Å². The number of carbonyl (C=O) groups is 1. The van der Waals surface area contributed by atoms with E-state index in [1.807, 2.05) is 19.9 Å². The molecule has 8 heteroatoms. The monoisotopic (exact) mass is 359 g/mol. The predicted molar refractivity (Wildman–Crippen MR) is 95.1 cm³/mol. The van der Waals surface area contributed by atoms with Gasteiger partial charge < -0.3 is 10.4 Å². The summed E-state index contributed by atoms with van der Waals surface area (Å²) < 4.78 is 2.87. The molecule has 0 spiro atoms. The summed E-state index contributed by atoms with van der Waals surface area (Å²) in [5.74, 6) is 0.922. The second-order valence-electron chi connectivity index (χ2n) is 8.29. The molecule has 0 atom stereocenters. The molecule has 2 aliphatic rings. The van der Waals surface area contributed by atoms with Crippen molar-refractivity contribution in [1.29, 1.82) is 0 Å². The second-order valence-corrected chi connectivity index (χ2v) is 8.29. The summed E-state index contributed by atoms with van der Waals surface area (Å²) in [6, 6.07) is 1.79. The zero-order chi connectivity index (χ0) is 18.6. The molecular formula is C18H25N5O3. The fraction of sp³-hybridized carbons (Fsp3) is 0.667. The zero-order valence-corrected chi connectivity index (χ0v) is 15.4.